The Hall–Kier alpha value is -1.83. The lowest BCUT2D eigenvalue weighted by atomic mass is 9.80. The van der Waals surface area contributed by atoms with E-state index in [1.165, 1.54) is 6.92 Å². The van der Waals surface area contributed by atoms with Crippen molar-refractivity contribution in [1.29, 1.82) is 0 Å². The van der Waals surface area contributed by atoms with Gasteiger partial charge in [-0.25, -0.2) is 4.99 Å². The van der Waals surface area contributed by atoms with Gasteiger partial charge in [-0.15, -0.1) is 0 Å². The lowest BCUT2D eigenvalue weighted by molar-refractivity contribution is -0.145. The summed E-state index contributed by atoms with van der Waals surface area (Å²) >= 11 is 0. The van der Waals surface area contributed by atoms with Crippen LogP contribution in [0.1, 0.15) is 40.0 Å². The zero-order valence-corrected chi connectivity index (χ0v) is 13.9. The van der Waals surface area contributed by atoms with Crippen molar-refractivity contribution in [2.24, 2.45) is 34.2 Å². The number of carbonyl (C=O) groups excluding carboxylic acids is 1. The molecular formula is C15H28N4O4. The summed E-state index contributed by atoms with van der Waals surface area (Å²) in [6.45, 7) is 5.39. The van der Waals surface area contributed by atoms with Crippen LogP contribution in [0.25, 0.3) is 0 Å². The Morgan fingerprint density at radius 2 is 1.87 bits per heavy atom. The first-order chi connectivity index (χ1) is 10.7. The number of nitrogens with one attached hydrogen (secondary N) is 1. The molecule has 5 atom stereocenters. The highest BCUT2D eigenvalue weighted by Gasteiger charge is 2.50. The summed E-state index contributed by atoms with van der Waals surface area (Å²) in [5.74, 6) is -2.84. The van der Waals surface area contributed by atoms with Crippen LogP contribution in [0.3, 0.4) is 0 Å². The number of aliphatic hydroxyl groups excluding tert-OH is 1. The fourth-order valence-corrected chi connectivity index (χ4v) is 3.64. The van der Waals surface area contributed by atoms with E-state index < -0.39 is 30.0 Å². The number of rotatable bonds is 7. The van der Waals surface area contributed by atoms with Crippen molar-refractivity contribution in [1.82, 2.24) is 5.32 Å². The van der Waals surface area contributed by atoms with Crippen LogP contribution in [-0.2, 0) is 9.59 Å². The molecule has 0 heterocycles. The van der Waals surface area contributed by atoms with Gasteiger partial charge < -0.3 is 27.0 Å². The van der Waals surface area contributed by atoms with Crippen LogP contribution in [-0.4, -0.2) is 46.2 Å². The van der Waals surface area contributed by atoms with E-state index in [0.29, 0.717) is 0 Å². The van der Waals surface area contributed by atoms with Crippen LogP contribution in [0.4, 0.5) is 0 Å². The first kappa shape index (κ1) is 19.2. The SMILES string of the molecule is CCC(CC)[C@@H](NC(C)=O)[C@H]1[C@@H](O)[C@H](C(=O)O)C[C@@H]1N=C(N)N. The Morgan fingerprint density at radius 1 is 1.30 bits per heavy atom. The van der Waals surface area contributed by atoms with Crippen molar-refractivity contribution in [3.05, 3.63) is 0 Å². The monoisotopic (exact) mass is 328 g/mol. The molecule has 0 aromatic heterocycles. The van der Waals surface area contributed by atoms with Crippen molar-refractivity contribution >= 4 is 17.8 Å². The second kappa shape index (κ2) is 8.14. The number of amides is 1. The fraction of sp³-hybridized carbons (Fsp3) is 0.800. The predicted molar refractivity (Wildman–Crippen MR) is 86.5 cm³/mol. The summed E-state index contributed by atoms with van der Waals surface area (Å²) < 4.78 is 0. The average Bonchev–Trinajstić information content (AvgIpc) is 2.74. The van der Waals surface area contributed by atoms with E-state index in [2.05, 4.69) is 10.3 Å². The smallest absolute Gasteiger partial charge is 0.309 e. The van der Waals surface area contributed by atoms with Gasteiger partial charge in [0, 0.05) is 18.9 Å². The molecule has 0 aromatic carbocycles. The molecule has 0 aromatic rings. The highest BCUT2D eigenvalue weighted by molar-refractivity contribution is 5.76. The summed E-state index contributed by atoms with van der Waals surface area (Å²) in [7, 11) is 0. The number of nitrogens with two attached hydrogens (primary N) is 2. The van der Waals surface area contributed by atoms with Crippen LogP contribution >= 0.6 is 0 Å². The maximum absolute atomic E-state index is 11.6. The first-order valence-electron chi connectivity index (χ1n) is 7.99. The van der Waals surface area contributed by atoms with Gasteiger partial charge in [0.2, 0.25) is 5.91 Å². The Labute approximate surface area is 136 Å². The standard InChI is InChI=1S/C15H28N4O4/c1-4-8(5-2)12(18-7(3)20)11-10(19-15(16)17)6-9(13(11)21)14(22)23/h8-13,21H,4-6H2,1-3H3,(H,18,20)(H,22,23)(H4,16,17,19)/t9-,10+,11+,12-,13+/m1/s1. The minimum atomic E-state index is -1.11. The normalized spacial score (nSPS) is 28.4. The molecule has 0 bridgehead atoms. The Bertz CT molecular complexity index is 460. The van der Waals surface area contributed by atoms with Gasteiger partial charge in [0.05, 0.1) is 18.1 Å². The number of aliphatic hydroxyl groups is 1. The summed E-state index contributed by atoms with van der Waals surface area (Å²) in [6, 6.07) is -0.913. The van der Waals surface area contributed by atoms with E-state index in [4.69, 9.17) is 11.5 Å². The molecule has 8 nitrogen and oxygen atoms in total. The predicted octanol–water partition coefficient (Wildman–Crippen LogP) is -0.349. The third kappa shape index (κ3) is 4.57. The number of nitrogens with zero attached hydrogens (tertiary/aromatic N) is 1. The lowest BCUT2D eigenvalue weighted by Gasteiger charge is -2.35. The molecule has 1 aliphatic rings. The van der Waals surface area contributed by atoms with E-state index in [9.17, 15) is 19.8 Å². The second-order valence-corrected chi connectivity index (χ2v) is 6.17. The van der Waals surface area contributed by atoms with Gasteiger partial charge in [-0.1, -0.05) is 26.7 Å². The summed E-state index contributed by atoms with van der Waals surface area (Å²) in [5, 5.41) is 22.7. The van der Waals surface area contributed by atoms with Gasteiger partial charge in [-0.2, -0.15) is 0 Å². The number of aliphatic imine (C=N–C) groups is 1. The molecule has 8 heteroatoms. The summed E-state index contributed by atoms with van der Waals surface area (Å²) in [6.07, 6.45) is 0.612. The number of guanidine groups is 1. The number of carboxylic acids is 1. The molecule has 0 radical (unpaired) electrons. The number of hydrogen-bond donors (Lipinski definition) is 5. The van der Waals surface area contributed by atoms with E-state index in [0.717, 1.165) is 12.8 Å². The third-order valence-electron chi connectivity index (χ3n) is 4.72. The van der Waals surface area contributed by atoms with Crippen molar-refractivity contribution in [3.8, 4) is 0 Å². The molecule has 0 saturated heterocycles. The van der Waals surface area contributed by atoms with Crippen molar-refractivity contribution < 1.29 is 19.8 Å². The largest absolute Gasteiger partial charge is 0.481 e. The van der Waals surface area contributed by atoms with Gasteiger partial charge in [-0.05, 0) is 12.3 Å². The molecule has 7 N–H and O–H groups in total. The topological polar surface area (TPSA) is 151 Å². The third-order valence-corrected chi connectivity index (χ3v) is 4.72. The van der Waals surface area contributed by atoms with Crippen molar-refractivity contribution in [2.75, 3.05) is 0 Å². The first-order valence-corrected chi connectivity index (χ1v) is 7.99. The molecule has 0 spiro atoms. The van der Waals surface area contributed by atoms with Crippen LogP contribution in [0, 0.1) is 17.8 Å². The van der Waals surface area contributed by atoms with Gasteiger partial charge in [0.25, 0.3) is 0 Å². The van der Waals surface area contributed by atoms with E-state index >= 15 is 0 Å². The van der Waals surface area contributed by atoms with Gasteiger partial charge in [-0.3, -0.25) is 9.59 Å². The van der Waals surface area contributed by atoms with Crippen LogP contribution < -0.4 is 16.8 Å². The van der Waals surface area contributed by atoms with Crippen molar-refractivity contribution in [3.63, 3.8) is 0 Å². The van der Waals surface area contributed by atoms with Gasteiger partial charge in [0.15, 0.2) is 5.96 Å². The molecule has 1 fully saturated rings. The average molecular weight is 328 g/mol. The van der Waals surface area contributed by atoms with E-state index in [1.54, 1.807) is 0 Å². The second-order valence-electron chi connectivity index (χ2n) is 6.17. The molecule has 1 aliphatic carbocycles. The van der Waals surface area contributed by atoms with Crippen LogP contribution in [0.2, 0.25) is 0 Å². The Morgan fingerprint density at radius 3 is 2.26 bits per heavy atom. The maximum Gasteiger partial charge on any atom is 0.309 e. The number of hydrogen-bond acceptors (Lipinski definition) is 4. The van der Waals surface area contributed by atoms with E-state index in [1.807, 2.05) is 13.8 Å². The maximum atomic E-state index is 11.6. The molecular weight excluding hydrogens is 300 g/mol. The van der Waals surface area contributed by atoms with Crippen molar-refractivity contribution in [2.45, 2.75) is 58.2 Å². The summed E-state index contributed by atoms with van der Waals surface area (Å²) in [4.78, 5) is 27.1. The molecule has 1 amide bonds. The Balaban J connectivity index is 3.23. The molecule has 23 heavy (non-hydrogen) atoms. The summed E-state index contributed by atoms with van der Waals surface area (Å²) in [5.41, 5.74) is 10.9. The molecule has 0 aliphatic heterocycles. The number of aliphatic carboxylic acids is 1. The van der Waals surface area contributed by atoms with Gasteiger partial charge >= 0.3 is 5.97 Å². The molecule has 132 valence electrons. The minimum absolute atomic E-state index is 0.0998. The molecule has 1 saturated carbocycles. The highest BCUT2D eigenvalue weighted by atomic mass is 16.4. The van der Waals surface area contributed by atoms with Gasteiger partial charge in [0.1, 0.15) is 0 Å². The van der Waals surface area contributed by atoms with Crippen LogP contribution in [0.15, 0.2) is 4.99 Å². The number of carboxylic acid groups (broad SMARTS) is 1. The Kier molecular flexibility index (Phi) is 6.80. The lowest BCUT2D eigenvalue weighted by Crippen LogP contribution is -2.51. The molecule has 0 unspecified atom stereocenters. The van der Waals surface area contributed by atoms with Crippen LogP contribution in [0.5, 0.6) is 0 Å². The minimum Gasteiger partial charge on any atom is -0.481 e. The number of carbonyl (C=O) groups is 2. The fourth-order valence-electron chi connectivity index (χ4n) is 3.64. The molecule has 1 rings (SSSR count). The van der Waals surface area contributed by atoms with E-state index in [-0.39, 0.29) is 30.2 Å². The zero-order chi connectivity index (χ0) is 17.7. The highest BCUT2D eigenvalue weighted by Crippen LogP contribution is 2.39. The zero-order valence-electron chi connectivity index (χ0n) is 13.9. The quantitative estimate of drug-likeness (QED) is 0.318.